The molecule has 1 saturated carbocycles. The van der Waals surface area contributed by atoms with Crippen LogP contribution >= 0.6 is 11.5 Å². The number of nitrogens with two attached hydrogens (primary N) is 1. The van der Waals surface area contributed by atoms with Crippen LogP contribution in [0.1, 0.15) is 32.6 Å². The van der Waals surface area contributed by atoms with Crippen molar-refractivity contribution in [3.63, 3.8) is 0 Å². The summed E-state index contributed by atoms with van der Waals surface area (Å²) in [5.41, 5.74) is 8.26. The van der Waals surface area contributed by atoms with Crippen molar-refractivity contribution in [3.05, 3.63) is 30.3 Å². The summed E-state index contributed by atoms with van der Waals surface area (Å²) < 4.78 is 4.33. The van der Waals surface area contributed by atoms with E-state index in [-0.39, 0.29) is 0 Å². The first kappa shape index (κ1) is 13.4. The van der Waals surface area contributed by atoms with Crippen LogP contribution in [0.4, 0.5) is 10.8 Å². The van der Waals surface area contributed by atoms with Gasteiger partial charge in [-0.1, -0.05) is 50.1 Å². The predicted octanol–water partition coefficient (Wildman–Crippen LogP) is 4.38. The molecule has 106 valence electrons. The van der Waals surface area contributed by atoms with Gasteiger partial charge < -0.3 is 11.1 Å². The van der Waals surface area contributed by atoms with Crippen LogP contribution in [0.25, 0.3) is 11.1 Å². The summed E-state index contributed by atoms with van der Waals surface area (Å²) in [6.07, 6.45) is 5.20. The number of hydrogen-bond acceptors (Lipinski definition) is 4. The molecule has 1 fully saturated rings. The van der Waals surface area contributed by atoms with E-state index < -0.39 is 0 Å². The van der Waals surface area contributed by atoms with Gasteiger partial charge in [0.2, 0.25) is 0 Å². The fourth-order valence-electron chi connectivity index (χ4n) is 2.55. The lowest BCUT2D eigenvalue weighted by atomic mass is 10.1. The van der Waals surface area contributed by atoms with Crippen molar-refractivity contribution in [2.75, 3.05) is 11.1 Å². The lowest BCUT2D eigenvalue weighted by Gasteiger charge is -2.17. The average molecular weight is 287 g/mol. The van der Waals surface area contributed by atoms with Gasteiger partial charge in [-0.15, -0.1) is 0 Å². The van der Waals surface area contributed by atoms with Gasteiger partial charge in [0.05, 0.1) is 5.56 Å². The Labute approximate surface area is 124 Å². The minimum Gasteiger partial charge on any atom is -0.382 e. The molecular weight excluding hydrogens is 266 g/mol. The third kappa shape index (κ3) is 2.96. The van der Waals surface area contributed by atoms with Crippen molar-refractivity contribution >= 4 is 22.4 Å². The van der Waals surface area contributed by atoms with Gasteiger partial charge in [-0.3, -0.25) is 0 Å². The molecule has 20 heavy (non-hydrogen) atoms. The van der Waals surface area contributed by atoms with E-state index in [2.05, 4.69) is 28.7 Å². The molecule has 3 nitrogen and oxygen atoms in total. The van der Waals surface area contributed by atoms with Crippen molar-refractivity contribution in [1.29, 1.82) is 0 Å². The maximum absolute atomic E-state index is 6.06. The van der Waals surface area contributed by atoms with Crippen molar-refractivity contribution in [2.24, 2.45) is 5.92 Å². The molecule has 0 aliphatic heterocycles. The quantitative estimate of drug-likeness (QED) is 0.828. The van der Waals surface area contributed by atoms with E-state index in [1.54, 1.807) is 0 Å². The van der Waals surface area contributed by atoms with E-state index in [4.69, 9.17) is 5.73 Å². The Kier molecular flexibility index (Phi) is 3.92. The van der Waals surface area contributed by atoms with Gasteiger partial charge in [0, 0.05) is 6.04 Å². The summed E-state index contributed by atoms with van der Waals surface area (Å²) >= 11 is 1.48. The number of anilines is 2. The topological polar surface area (TPSA) is 50.9 Å². The first-order chi connectivity index (χ1) is 9.78. The Bertz CT molecular complexity index is 560. The summed E-state index contributed by atoms with van der Waals surface area (Å²) in [5, 5.41) is 4.78. The monoisotopic (exact) mass is 287 g/mol. The lowest BCUT2D eigenvalue weighted by Crippen LogP contribution is -2.18. The first-order valence-corrected chi connectivity index (χ1v) is 8.12. The second-order valence-corrected chi connectivity index (χ2v) is 6.34. The third-order valence-corrected chi connectivity index (χ3v) is 4.72. The molecule has 1 heterocycles. The zero-order valence-corrected chi connectivity index (χ0v) is 12.6. The number of nitrogen functional groups attached to an aromatic ring is 1. The second-order valence-electron chi connectivity index (χ2n) is 5.57. The standard InChI is InChI=1S/C16H21N3S/c1-2-13(10-11-8-9-11)18-16-14(15(17)19-20-16)12-6-4-3-5-7-12/h3-7,11,13,18H,2,8-10H2,1H3,(H2,17,19). The number of hydrogen-bond donors (Lipinski definition) is 2. The van der Waals surface area contributed by atoms with Crippen molar-refractivity contribution in [2.45, 2.75) is 38.6 Å². The number of aromatic nitrogens is 1. The highest BCUT2D eigenvalue weighted by Crippen LogP contribution is 2.39. The van der Waals surface area contributed by atoms with E-state index in [1.807, 2.05) is 18.2 Å². The Balaban J connectivity index is 1.82. The van der Waals surface area contributed by atoms with Gasteiger partial charge >= 0.3 is 0 Å². The zero-order chi connectivity index (χ0) is 13.9. The van der Waals surface area contributed by atoms with Gasteiger partial charge in [0.1, 0.15) is 10.8 Å². The highest BCUT2D eigenvalue weighted by atomic mass is 32.1. The zero-order valence-electron chi connectivity index (χ0n) is 11.8. The Morgan fingerprint density at radius 3 is 2.75 bits per heavy atom. The Morgan fingerprint density at radius 1 is 1.35 bits per heavy atom. The molecule has 1 aliphatic carbocycles. The third-order valence-electron chi connectivity index (χ3n) is 3.92. The predicted molar refractivity (Wildman–Crippen MR) is 87.0 cm³/mol. The summed E-state index contributed by atoms with van der Waals surface area (Å²) in [5.74, 6) is 1.56. The maximum Gasteiger partial charge on any atom is 0.147 e. The molecule has 1 aromatic carbocycles. The van der Waals surface area contributed by atoms with Gasteiger partial charge in [0.25, 0.3) is 0 Å². The van der Waals surface area contributed by atoms with E-state index in [9.17, 15) is 0 Å². The highest BCUT2D eigenvalue weighted by Gasteiger charge is 2.25. The minimum absolute atomic E-state index is 0.532. The fraction of sp³-hybridized carbons (Fsp3) is 0.438. The van der Waals surface area contributed by atoms with Gasteiger partial charge in [0.15, 0.2) is 0 Å². The summed E-state index contributed by atoms with van der Waals surface area (Å²) in [7, 11) is 0. The lowest BCUT2D eigenvalue weighted by molar-refractivity contribution is 0.588. The van der Waals surface area contributed by atoms with Crippen LogP contribution < -0.4 is 11.1 Å². The smallest absolute Gasteiger partial charge is 0.147 e. The van der Waals surface area contributed by atoms with Crippen LogP contribution in [0.15, 0.2) is 30.3 Å². The fourth-order valence-corrected chi connectivity index (χ4v) is 3.37. The van der Waals surface area contributed by atoms with E-state index in [1.165, 1.54) is 30.8 Å². The molecule has 1 atom stereocenters. The average Bonchev–Trinajstić information content (AvgIpc) is 3.22. The number of nitrogens with zero attached hydrogens (tertiary/aromatic N) is 1. The van der Waals surface area contributed by atoms with Gasteiger partial charge in [-0.05, 0) is 35.9 Å². The van der Waals surface area contributed by atoms with Gasteiger partial charge in [-0.25, -0.2) is 0 Å². The maximum atomic E-state index is 6.06. The van der Waals surface area contributed by atoms with Crippen LogP contribution in [-0.2, 0) is 0 Å². The van der Waals surface area contributed by atoms with E-state index >= 15 is 0 Å². The largest absolute Gasteiger partial charge is 0.382 e. The molecule has 0 amide bonds. The summed E-state index contributed by atoms with van der Waals surface area (Å²) in [6.45, 7) is 2.24. The SMILES string of the molecule is CCC(CC1CC1)Nc1snc(N)c1-c1ccccc1. The van der Waals surface area contributed by atoms with E-state index in [0.29, 0.717) is 11.9 Å². The molecule has 2 aromatic rings. The van der Waals surface area contributed by atoms with E-state index in [0.717, 1.165) is 28.5 Å². The first-order valence-electron chi connectivity index (χ1n) is 7.35. The van der Waals surface area contributed by atoms with Gasteiger partial charge in [-0.2, -0.15) is 4.37 Å². The van der Waals surface area contributed by atoms with Crippen molar-refractivity contribution in [3.8, 4) is 11.1 Å². The summed E-state index contributed by atoms with van der Waals surface area (Å²) in [4.78, 5) is 0. The molecule has 4 heteroatoms. The molecule has 0 spiro atoms. The molecule has 0 saturated heterocycles. The molecule has 1 aliphatic rings. The van der Waals surface area contributed by atoms with Crippen LogP contribution in [0.2, 0.25) is 0 Å². The molecule has 3 N–H and O–H groups in total. The normalized spacial score (nSPS) is 16.1. The minimum atomic E-state index is 0.532. The van der Waals surface area contributed by atoms with Crippen LogP contribution in [0.3, 0.4) is 0 Å². The molecular formula is C16H21N3S. The molecule has 3 rings (SSSR count). The summed E-state index contributed by atoms with van der Waals surface area (Å²) in [6, 6.07) is 10.8. The molecule has 1 aromatic heterocycles. The van der Waals surface area contributed by atoms with Crippen LogP contribution in [-0.4, -0.2) is 10.4 Å². The second kappa shape index (κ2) is 5.83. The molecule has 0 bridgehead atoms. The number of nitrogens with one attached hydrogen (secondary N) is 1. The van der Waals surface area contributed by atoms with Crippen molar-refractivity contribution in [1.82, 2.24) is 4.37 Å². The number of benzene rings is 1. The number of rotatable bonds is 6. The van der Waals surface area contributed by atoms with Crippen LogP contribution in [0, 0.1) is 5.92 Å². The van der Waals surface area contributed by atoms with Crippen LogP contribution in [0.5, 0.6) is 0 Å². The molecule has 1 unspecified atom stereocenters. The Hall–Kier alpha value is -1.55. The van der Waals surface area contributed by atoms with Crippen molar-refractivity contribution < 1.29 is 0 Å². The molecule has 0 radical (unpaired) electrons. The highest BCUT2D eigenvalue weighted by molar-refractivity contribution is 7.11. The Morgan fingerprint density at radius 2 is 2.10 bits per heavy atom.